The number of aliphatic carboxylic acids is 2. The average molecular weight is 668 g/mol. The van der Waals surface area contributed by atoms with Gasteiger partial charge in [0.1, 0.15) is 33.9 Å². The van der Waals surface area contributed by atoms with Crippen molar-refractivity contribution < 1.29 is 47.7 Å². The molecule has 3 heterocycles. The van der Waals surface area contributed by atoms with Gasteiger partial charge in [-0.15, -0.1) is 22.0 Å². The summed E-state index contributed by atoms with van der Waals surface area (Å²) < 4.78 is 32.5. The number of phenols is 1. The molecule has 2 aliphatic rings. The lowest BCUT2D eigenvalue weighted by atomic mass is 10.0. The Bertz CT molecular complexity index is 1400. The third-order valence-corrected chi connectivity index (χ3v) is 9.71. The van der Waals surface area contributed by atoms with Crippen molar-refractivity contribution in [2.45, 2.75) is 40.7 Å². The largest absolute Gasteiger partial charge is 0.508 e. The molecule has 2 amide bonds. The number of halogens is 3. The second-order valence-electron chi connectivity index (χ2n) is 8.63. The number of rotatable bonds is 9. The Labute approximate surface area is 253 Å². The highest BCUT2D eigenvalue weighted by Crippen LogP contribution is 2.42. The van der Waals surface area contributed by atoms with E-state index in [4.69, 9.17) is 15.6 Å². The number of alkyl halides is 3. The molecule has 0 spiro atoms. The number of nitrogens with one attached hydrogen (secondary N) is 1. The zero-order valence-corrected chi connectivity index (χ0v) is 25.0. The van der Waals surface area contributed by atoms with Crippen molar-refractivity contribution in [1.82, 2.24) is 20.4 Å². The number of hydrogen-bond donors (Lipinski definition) is 5. The van der Waals surface area contributed by atoms with Gasteiger partial charge in [0.25, 0.3) is 5.91 Å². The van der Waals surface area contributed by atoms with Gasteiger partial charge in [-0.05, 0) is 36.4 Å². The van der Waals surface area contributed by atoms with Crippen molar-refractivity contribution in [1.29, 1.82) is 0 Å². The fourth-order valence-electron chi connectivity index (χ4n) is 3.74. The number of carboxylic acid groups (broad SMARTS) is 2. The van der Waals surface area contributed by atoms with Crippen molar-refractivity contribution in [3.8, 4) is 5.75 Å². The van der Waals surface area contributed by atoms with Crippen LogP contribution in [0.3, 0.4) is 0 Å². The predicted octanol–water partition coefficient (Wildman–Crippen LogP) is 2.58. The fraction of sp³-hybridized carbons (Fsp3) is 0.391. The van der Waals surface area contributed by atoms with Crippen molar-refractivity contribution in [2.24, 2.45) is 5.73 Å². The van der Waals surface area contributed by atoms with Gasteiger partial charge in [0.05, 0.1) is 0 Å². The Morgan fingerprint density at radius 2 is 1.90 bits per heavy atom. The molecular formula is C23H24F3N5O7S4. The molecule has 2 aliphatic heterocycles. The number of nitrogens with two attached hydrogens (primary N) is 1. The molecule has 3 atom stereocenters. The minimum absolute atomic E-state index is 0.0393. The number of phenolic OH excluding ortho intramolecular Hbond substituents is 1. The van der Waals surface area contributed by atoms with E-state index in [2.05, 4.69) is 15.5 Å². The van der Waals surface area contributed by atoms with E-state index < -0.39 is 47.4 Å². The number of aryl methyl sites for hydroxylation is 1. The average Bonchev–Trinajstić information content (AvgIpc) is 3.35. The Kier molecular flexibility index (Phi) is 11.2. The number of carboxylic acids is 2. The number of thioether (sulfide) groups is 3. The third-order valence-electron chi connectivity index (χ3n) is 5.71. The first-order chi connectivity index (χ1) is 19.6. The van der Waals surface area contributed by atoms with Gasteiger partial charge in [-0.3, -0.25) is 14.5 Å². The van der Waals surface area contributed by atoms with Crippen LogP contribution in [0, 0.1) is 6.92 Å². The van der Waals surface area contributed by atoms with Gasteiger partial charge in [0, 0.05) is 22.8 Å². The molecule has 0 aliphatic carbocycles. The predicted molar refractivity (Wildman–Crippen MR) is 151 cm³/mol. The van der Waals surface area contributed by atoms with Crippen LogP contribution in [0.2, 0.25) is 0 Å². The van der Waals surface area contributed by atoms with Crippen LogP contribution < -0.4 is 11.1 Å². The number of amides is 2. The van der Waals surface area contributed by atoms with Crippen molar-refractivity contribution in [2.75, 3.05) is 17.8 Å². The first-order valence-electron chi connectivity index (χ1n) is 11.6. The molecule has 228 valence electrons. The topological polar surface area (TPSA) is 196 Å². The molecule has 0 radical (unpaired) electrons. The van der Waals surface area contributed by atoms with E-state index in [9.17, 15) is 37.8 Å². The van der Waals surface area contributed by atoms with Crippen LogP contribution >= 0.6 is 46.6 Å². The van der Waals surface area contributed by atoms with Crippen LogP contribution in [0.4, 0.5) is 13.2 Å². The second kappa shape index (κ2) is 14.0. The summed E-state index contributed by atoms with van der Waals surface area (Å²) >= 11 is 5.73. The Balaban J connectivity index is 0.000000616. The molecule has 42 heavy (non-hydrogen) atoms. The number of fused-ring (bicyclic) bond motifs is 1. The summed E-state index contributed by atoms with van der Waals surface area (Å²) in [7, 11) is 0. The molecule has 0 bridgehead atoms. The summed E-state index contributed by atoms with van der Waals surface area (Å²) in [4.78, 5) is 47.9. The number of nitrogens with zero attached hydrogens (tertiary/aromatic N) is 3. The molecule has 19 heteroatoms. The summed E-state index contributed by atoms with van der Waals surface area (Å²) in [5, 5.41) is 37.9. The lowest BCUT2D eigenvalue weighted by molar-refractivity contribution is -0.192. The van der Waals surface area contributed by atoms with Gasteiger partial charge in [-0.2, -0.15) is 24.9 Å². The molecule has 1 aromatic heterocycles. The molecule has 3 unspecified atom stereocenters. The van der Waals surface area contributed by atoms with Gasteiger partial charge >= 0.3 is 18.1 Å². The number of aromatic hydroxyl groups is 1. The summed E-state index contributed by atoms with van der Waals surface area (Å²) in [6.07, 6.45) is -3.18. The lowest BCUT2D eigenvalue weighted by Gasteiger charge is -2.49. The van der Waals surface area contributed by atoms with E-state index >= 15 is 0 Å². The summed E-state index contributed by atoms with van der Waals surface area (Å²) in [6, 6.07) is 2.84. The molecular weight excluding hydrogens is 644 g/mol. The molecule has 12 nitrogen and oxygen atoms in total. The maximum absolute atomic E-state index is 12.9. The summed E-state index contributed by atoms with van der Waals surface area (Å²) in [6.45, 7) is 1.84. The fourth-order valence-corrected chi connectivity index (χ4v) is 7.59. The van der Waals surface area contributed by atoms with E-state index in [1.165, 1.54) is 57.6 Å². The zero-order chi connectivity index (χ0) is 31.4. The minimum atomic E-state index is -5.08. The lowest BCUT2D eigenvalue weighted by Crippen LogP contribution is -2.71. The van der Waals surface area contributed by atoms with Gasteiger partial charge in [-0.1, -0.05) is 29.2 Å². The SMILES string of the molecule is CSCc1cc(C(N)C(=O)NC2C(=O)N3C(C(=O)O)=C(CSc4nnc(C)s4)CSC23)ccc1O.O=C(O)C(F)(F)F. The number of carbonyl (C=O) groups is 4. The van der Waals surface area contributed by atoms with E-state index in [1.807, 2.05) is 13.2 Å². The molecule has 1 saturated heterocycles. The van der Waals surface area contributed by atoms with E-state index in [-0.39, 0.29) is 11.4 Å². The first-order valence-corrected chi connectivity index (χ1v) is 15.9. The summed E-state index contributed by atoms with van der Waals surface area (Å²) in [5.74, 6) is -3.49. The molecule has 1 fully saturated rings. The van der Waals surface area contributed by atoms with Crippen LogP contribution in [0.15, 0.2) is 33.8 Å². The Morgan fingerprint density at radius 3 is 2.45 bits per heavy atom. The molecule has 0 saturated carbocycles. The van der Waals surface area contributed by atoms with Crippen molar-refractivity contribution in [3.05, 3.63) is 45.6 Å². The van der Waals surface area contributed by atoms with Crippen LogP contribution in [0.25, 0.3) is 0 Å². The van der Waals surface area contributed by atoms with E-state index in [0.29, 0.717) is 34.0 Å². The quantitative estimate of drug-likeness (QED) is 0.194. The monoisotopic (exact) mass is 667 g/mol. The van der Waals surface area contributed by atoms with Crippen LogP contribution in [0.5, 0.6) is 5.75 Å². The van der Waals surface area contributed by atoms with Crippen molar-refractivity contribution in [3.63, 3.8) is 0 Å². The minimum Gasteiger partial charge on any atom is -0.508 e. The number of aromatic nitrogens is 2. The van der Waals surface area contributed by atoms with Crippen LogP contribution in [0.1, 0.15) is 22.2 Å². The summed E-state index contributed by atoms with van der Waals surface area (Å²) in [5.41, 5.74) is 7.90. The third kappa shape index (κ3) is 7.88. The van der Waals surface area contributed by atoms with Crippen LogP contribution in [-0.4, -0.2) is 89.5 Å². The van der Waals surface area contributed by atoms with Gasteiger partial charge < -0.3 is 26.4 Å². The van der Waals surface area contributed by atoms with Gasteiger partial charge in [0.15, 0.2) is 4.34 Å². The standard InChI is InChI=1S/C21H23N5O5S4.C2HF3O2/c1-9-24-25-21(35-9)34-8-12-7-33-19-15(18(29)26(19)16(12)20(30)31)23-17(28)14(22)10-3-4-13(27)11(5-10)6-32-2;3-2(4,5)1(6)7/h3-5,14-15,19,27H,6-8,22H2,1-2H3,(H,23,28)(H,30,31);(H,6,7). The number of carbonyl (C=O) groups excluding carboxylic acids is 2. The Morgan fingerprint density at radius 1 is 1.24 bits per heavy atom. The Hall–Kier alpha value is -3.00. The first kappa shape index (κ1) is 33.5. The highest BCUT2D eigenvalue weighted by molar-refractivity contribution is 8.01. The second-order valence-corrected chi connectivity index (χ2v) is 13.0. The van der Waals surface area contributed by atoms with E-state index in [0.717, 1.165) is 9.35 Å². The highest BCUT2D eigenvalue weighted by atomic mass is 32.2. The normalized spacial score (nSPS) is 18.8. The molecule has 2 aromatic rings. The van der Waals surface area contributed by atoms with Crippen LogP contribution in [-0.2, 0) is 24.9 Å². The smallest absolute Gasteiger partial charge is 0.490 e. The molecule has 1 aromatic carbocycles. The maximum Gasteiger partial charge on any atom is 0.490 e. The number of β-lactam (4-membered cyclic amide) rings is 1. The maximum atomic E-state index is 12.9. The van der Waals surface area contributed by atoms with Crippen molar-refractivity contribution >= 4 is 70.4 Å². The molecule has 6 N–H and O–H groups in total. The number of hydrogen-bond acceptors (Lipinski definition) is 12. The zero-order valence-electron chi connectivity index (χ0n) is 21.7. The molecule has 4 rings (SSSR count). The number of benzene rings is 1. The van der Waals surface area contributed by atoms with Gasteiger partial charge in [-0.25, -0.2) is 9.59 Å². The van der Waals surface area contributed by atoms with E-state index in [1.54, 1.807) is 12.1 Å². The highest BCUT2D eigenvalue weighted by Gasteiger charge is 2.54. The van der Waals surface area contributed by atoms with Gasteiger partial charge in [0.2, 0.25) is 5.91 Å².